The molecule has 0 amide bonds. The molecule has 1 aliphatic heterocycles. The molecule has 0 radical (unpaired) electrons. The molecule has 0 spiro atoms. The van der Waals surface area contributed by atoms with Crippen molar-refractivity contribution in [2.75, 3.05) is 11.4 Å². The smallest absolute Gasteiger partial charge is 0.134 e. The molecular formula is C14H16N2OS. The summed E-state index contributed by atoms with van der Waals surface area (Å²) in [5.41, 5.74) is 2.31. The maximum atomic E-state index is 9.83. The minimum Gasteiger partial charge on any atom is -0.389 e. The molecule has 0 fully saturated rings. The van der Waals surface area contributed by atoms with E-state index in [9.17, 15) is 5.11 Å². The van der Waals surface area contributed by atoms with Gasteiger partial charge in [-0.15, -0.1) is 11.3 Å². The van der Waals surface area contributed by atoms with Crippen LogP contribution in [0.25, 0.3) is 0 Å². The molecule has 0 aromatic carbocycles. The van der Waals surface area contributed by atoms with Crippen LogP contribution in [0, 0.1) is 0 Å². The minimum atomic E-state index is -0.474. The van der Waals surface area contributed by atoms with Crippen LogP contribution < -0.4 is 4.90 Å². The van der Waals surface area contributed by atoms with Crippen LogP contribution in [0.15, 0.2) is 29.8 Å². The monoisotopic (exact) mass is 260 g/mol. The van der Waals surface area contributed by atoms with Crippen LogP contribution in [0.3, 0.4) is 0 Å². The lowest BCUT2D eigenvalue weighted by Crippen LogP contribution is -2.31. The number of thiophene rings is 1. The maximum absolute atomic E-state index is 9.83. The van der Waals surface area contributed by atoms with E-state index in [1.54, 1.807) is 13.1 Å². The van der Waals surface area contributed by atoms with Crippen molar-refractivity contribution in [2.24, 2.45) is 0 Å². The SMILES string of the molecule is C[C@H](O)c1cccnc1N1CCc2sccc2C1. The van der Waals surface area contributed by atoms with Crippen molar-refractivity contribution in [2.45, 2.75) is 26.0 Å². The molecule has 0 bridgehead atoms. The van der Waals surface area contributed by atoms with Gasteiger partial charge in [-0.05, 0) is 36.4 Å². The molecule has 0 saturated heterocycles. The van der Waals surface area contributed by atoms with Crippen LogP contribution >= 0.6 is 11.3 Å². The van der Waals surface area contributed by atoms with Gasteiger partial charge in [-0.3, -0.25) is 0 Å². The normalized spacial score (nSPS) is 16.4. The molecule has 3 heterocycles. The van der Waals surface area contributed by atoms with Crippen LogP contribution in [0.4, 0.5) is 5.82 Å². The number of aliphatic hydroxyl groups is 1. The lowest BCUT2D eigenvalue weighted by Gasteiger charge is -2.30. The molecule has 3 rings (SSSR count). The van der Waals surface area contributed by atoms with Gasteiger partial charge in [0.15, 0.2) is 0 Å². The van der Waals surface area contributed by atoms with Crippen LogP contribution in [0.1, 0.15) is 29.0 Å². The van der Waals surface area contributed by atoms with Gasteiger partial charge in [-0.25, -0.2) is 4.98 Å². The molecule has 0 aliphatic carbocycles. The zero-order valence-electron chi connectivity index (χ0n) is 10.3. The van der Waals surface area contributed by atoms with E-state index in [0.29, 0.717) is 0 Å². The quantitative estimate of drug-likeness (QED) is 0.902. The predicted octanol–water partition coefficient (Wildman–Crippen LogP) is 2.76. The summed E-state index contributed by atoms with van der Waals surface area (Å²) in [4.78, 5) is 8.20. The summed E-state index contributed by atoms with van der Waals surface area (Å²) in [6.07, 6.45) is 2.39. The maximum Gasteiger partial charge on any atom is 0.134 e. The third kappa shape index (κ3) is 2.02. The Morgan fingerprint density at radius 2 is 2.33 bits per heavy atom. The van der Waals surface area contributed by atoms with E-state index in [1.165, 1.54) is 10.4 Å². The molecule has 0 unspecified atom stereocenters. The zero-order chi connectivity index (χ0) is 12.5. The highest BCUT2D eigenvalue weighted by Gasteiger charge is 2.21. The van der Waals surface area contributed by atoms with Gasteiger partial charge in [0, 0.05) is 29.7 Å². The molecule has 94 valence electrons. The van der Waals surface area contributed by atoms with E-state index in [1.807, 2.05) is 23.5 Å². The summed E-state index contributed by atoms with van der Waals surface area (Å²) in [5, 5.41) is 12.0. The Morgan fingerprint density at radius 1 is 1.44 bits per heavy atom. The van der Waals surface area contributed by atoms with Crippen LogP contribution in [-0.2, 0) is 13.0 Å². The molecular weight excluding hydrogens is 244 g/mol. The molecule has 18 heavy (non-hydrogen) atoms. The highest BCUT2D eigenvalue weighted by molar-refractivity contribution is 7.10. The van der Waals surface area contributed by atoms with Crippen LogP contribution in [0.2, 0.25) is 0 Å². The first kappa shape index (κ1) is 11.7. The van der Waals surface area contributed by atoms with Crippen LogP contribution in [0.5, 0.6) is 0 Å². The third-order valence-corrected chi connectivity index (χ3v) is 4.40. The van der Waals surface area contributed by atoms with Crippen LogP contribution in [-0.4, -0.2) is 16.6 Å². The number of pyridine rings is 1. The summed E-state index contributed by atoms with van der Waals surface area (Å²) in [7, 11) is 0. The van der Waals surface area contributed by atoms with Gasteiger partial charge in [0.1, 0.15) is 5.82 Å². The highest BCUT2D eigenvalue weighted by Crippen LogP contribution is 2.30. The van der Waals surface area contributed by atoms with E-state index in [4.69, 9.17) is 0 Å². The molecule has 3 nitrogen and oxygen atoms in total. The number of fused-ring (bicyclic) bond motifs is 1. The van der Waals surface area contributed by atoms with E-state index in [0.717, 1.165) is 30.9 Å². The number of nitrogens with zero attached hydrogens (tertiary/aromatic N) is 2. The van der Waals surface area contributed by atoms with E-state index in [2.05, 4.69) is 21.3 Å². The number of hydrogen-bond acceptors (Lipinski definition) is 4. The van der Waals surface area contributed by atoms with Crippen molar-refractivity contribution in [3.8, 4) is 0 Å². The number of anilines is 1. The zero-order valence-corrected chi connectivity index (χ0v) is 11.2. The van der Waals surface area contributed by atoms with Crippen molar-refractivity contribution in [1.82, 2.24) is 4.98 Å². The molecule has 1 N–H and O–H groups in total. The van der Waals surface area contributed by atoms with E-state index < -0.39 is 6.10 Å². The van der Waals surface area contributed by atoms with Crippen molar-refractivity contribution < 1.29 is 5.11 Å². The van der Waals surface area contributed by atoms with Crippen molar-refractivity contribution in [3.05, 3.63) is 45.8 Å². The number of aliphatic hydroxyl groups excluding tert-OH is 1. The van der Waals surface area contributed by atoms with Gasteiger partial charge in [0.2, 0.25) is 0 Å². The average Bonchev–Trinajstić information content (AvgIpc) is 2.85. The summed E-state index contributed by atoms with van der Waals surface area (Å²) < 4.78 is 0. The van der Waals surface area contributed by atoms with E-state index >= 15 is 0 Å². The fourth-order valence-corrected chi connectivity index (χ4v) is 3.32. The van der Waals surface area contributed by atoms with E-state index in [-0.39, 0.29) is 0 Å². The minimum absolute atomic E-state index is 0.474. The highest BCUT2D eigenvalue weighted by atomic mass is 32.1. The third-order valence-electron chi connectivity index (χ3n) is 3.37. The first-order valence-corrected chi connectivity index (χ1v) is 7.07. The molecule has 0 saturated carbocycles. The van der Waals surface area contributed by atoms with Crippen molar-refractivity contribution >= 4 is 17.2 Å². The largest absolute Gasteiger partial charge is 0.389 e. The first-order chi connectivity index (χ1) is 8.75. The molecule has 4 heteroatoms. The summed E-state index contributed by atoms with van der Waals surface area (Å²) in [6.45, 7) is 3.67. The number of aromatic nitrogens is 1. The second-order valence-electron chi connectivity index (χ2n) is 4.63. The fourth-order valence-electron chi connectivity index (χ4n) is 2.43. The van der Waals surface area contributed by atoms with Crippen molar-refractivity contribution in [1.29, 1.82) is 0 Å². The Labute approximate surface area is 111 Å². The Kier molecular flexibility index (Phi) is 3.06. The Bertz CT molecular complexity index is 550. The summed E-state index contributed by atoms with van der Waals surface area (Å²) >= 11 is 1.84. The standard InChI is InChI=1S/C14H16N2OS/c1-10(17)12-3-2-6-15-14(12)16-7-4-13-11(9-16)5-8-18-13/h2-3,5-6,8,10,17H,4,7,9H2,1H3/t10-/m0/s1. The lowest BCUT2D eigenvalue weighted by atomic mass is 10.1. The number of rotatable bonds is 2. The Balaban J connectivity index is 1.93. The second kappa shape index (κ2) is 4.71. The van der Waals surface area contributed by atoms with Gasteiger partial charge in [0.25, 0.3) is 0 Å². The van der Waals surface area contributed by atoms with Gasteiger partial charge < -0.3 is 10.0 Å². The fraction of sp³-hybridized carbons (Fsp3) is 0.357. The predicted molar refractivity (Wildman–Crippen MR) is 73.9 cm³/mol. The molecule has 2 aromatic rings. The topological polar surface area (TPSA) is 36.4 Å². The van der Waals surface area contributed by atoms with Gasteiger partial charge in [-0.1, -0.05) is 6.07 Å². The Hall–Kier alpha value is -1.39. The van der Waals surface area contributed by atoms with Gasteiger partial charge in [0.05, 0.1) is 6.10 Å². The molecule has 1 aliphatic rings. The Morgan fingerprint density at radius 3 is 3.17 bits per heavy atom. The summed E-state index contributed by atoms with van der Waals surface area (Å²) in [6, 6.07) is 6.03. The second-order valence-corrected chi connectivity index (χ2v) is 5.63. The number of hydrogen-bond donors (Lipinski definition) is 1. The lowest BCUT2D eigenvalue weighted by molar-refractivity contribution is 0.199. The molecule has 2 aromatic heterocycles. The van der Waals surface area contributed by atoms with Gasteiger partial charge >= 0.3 is 0 Å². The van der Waals surface area contributed by atoms with Gasteiger partial charge in [-0.2, -0.15) is 0 Å². The summed E-state index contributed by atoms with van der Waals surface area (Å²) in [5.74, 6) is 0.921. The van der Waals surface area contributed by atoms with Crippen molar-refractivity contribution in [3.63, 3.8) is 0 Å². The molecule has 1 atom stereocenters. The average molecular weight is 260 g/mol. The first-order valence-electron chi connectivity index (χ1n) is 6.19.